The smallest absolute Gasteiger partial charge is 0.407 e. The first kappa shape index (κ1) is 24.3. The van der Waals surface area contributed by atoms with E-state index in [0.29, 0.717) is 6.42 Å². The molecule has 0 heterocycles. The summed E-state index contributed by atoms with van der Waals surface area (Å²) in [6, 6.07) is 15.8. The molecule has 8 nitrogen and oxygen atoms in total. The lowest BCUT2D eigenvalue weighted by Crippen LogP contribution is -2.39. The van der Waals surface area contributed by atoms with E-state index in [1.54, 1.807) is 0 Å². The average molecular weight is 455 g/mol. The number of nitrogens with one attached hydrogen (secondary N) is 2. The second-order valence-electron chi connectivity index (χ2n) is 7.96. The minimum Gasteiger partial charge on any atom is -0.481 e. The third-order valence-electron chi connectivity index (χ3n) is 5.52. The van der Waals surface area contributed by atoms with Gasteiger partial charge in [0, 0.05) is 18.5 Å². The van der Waals surface area contributed by atoms with Crippen molar-refractivity contribution in [2.75, 3.05) is 26.4 Å². The monoisotopic (exact) mass is 454 g/mol. The van der Waals surface area contributed by atoms with Gasteiger partial charge in [-0.15, -0.1) is 0 Å². The fraction of sp³-hybridized carbons (Fsp3) is 0.400. The van der Waals surface area contributed by atoms with E-state index in [0.717, 1.165) is 17.5 Å². The Labute approximate surface area is 193 Å². The van der Waals surface area contributed by atoms with Gasteiger partial charge < -0.3 is 25.2 Å². The van der Waals surface area contributed by atoms with Crippen LogP contribution < -0.4 is 10.6 Å². The SMILES string of the molecule is CCC[C@H](CC(=O)O)NC(=O)COCCNC(=O)OCC1c2ccccc2-c2ccccc21. The molecule has 0 spiro atoms. The predicted molar refractivity (Wildman–Crippen MR) is 123 cm³/mol. The second kappa shape index (κ2) is 12.0. The van der Waals surface area contributed by atoms with Crippen LogP contribution in [0.2, 0.25) is 0 Å². The topological polar surface area (TPSA) is 114 Å². The third-order valence-corrected chi connectivity index (χ3v) is 5.52. The highest BCUT2D eigenvalue weighted by molar-refractivity contribution is 5.79. The summed E-state index contributed by atoms with van der Waals surface area (Å²) in [5, 5.41) is 14.2. The first-order valence-electron chi connectivity index (χ1n) is 11.2. The molecule has 8 heteroatoms. The molecule has 1 atom stereocenters. The fourth-order valence-corrected chi connectivity index (χ4v) is 4.09. The van der Waals surface area contributed by atoms with Gasteiger partial charge in [-0.1, -0.05) is 61.9 Å². The van der Waals surface area contributed by atoms with E-state index < -0.39 is 18.1 Å². The Morgan fingerprint density at radius 3 is 2.27 bits per heavy atom. The van der Waals surface area contributed by atoms with Crippen LogP contribution in [-0.4, -0.2) is 55.5 Å². The maximum atomic E-state index is 12.1. The molecular formula is C25H30N2O6. The van der Waals surface area contributed by atoms with Gasteiger partial charge in [0.2, 0.25) is 5.91 Å². The normalized spacial score (nSPS) is 13.0. The van der Waals surface area contributed by atoms with Crippen molar-refractivity contribution in [2.45, 2.75) is 38.1 Å². The van der Waals surface area contributed by atoms with Gasteiger partial charge in [0.25, 0.3) is 0 Å². The van der Waals surface area contributed by atoms with Crippen molar-refractivity contribution in [1.29, 1.82) is 0 Å². The molecule has 1 aliphatic carbocycles. The summed E-state index contributed by atoms with van der Waals surface area (Å²) in [4.78, 5) is 34.9. The Balaban J connectivity index is 1.36. The number of carbonyl (C=O) groups is 3. The lowest BCUT2D eigenvalue weighted by molar-refractivity contribution is -0.138. The van der Waals surface area contributed by atoms with Crippen LogP contribution in [0.1, 0.15) is 43.2 Å². The number of carbonyl (C=O) groups excluding carboxylic acids is 2. The highest BCUT2D eigenvalue weighted by Crippen LogP contribution is 2.44. The summed E-state index contributed by atoms with van der Waals surface area (Å²) in [7, 11) is 0. The van der Waals surface area contributed by atoms with E-state index in [9.17, 15) is 14.4 Å². The molecule has 0 saturated carbocycles. The van der Waals surface area contributed by atoms with E-state index in [2.05, 4.69) is 34.9 Å². The van der Waals surface area contributed by atoms with Gasteiger partial charge in [0.15, 0.2) is 0 Å². The molecule has 0 unspecified atom stereocenters. The summed E-state index contributed by atoms with van der Waals surface area (Å²) in [5.41, 5.74) is 4.62. The van der Waals surface area contributed by atoms with E-state index >= 15 is 0 Å². The van der Waals surface area contributed by atoms with Gasteiger partial charge in [-0.2, -0.15) is 0 Å². The molecule has 2 amide bonds. The number of rotatable bonds is 12. The molecule has 2 aromatic rings. The first-order chi connectivity index (χ1) is 16.0. The van der Waals surface area contributed by atoms with Crippen LogP contribution in [0, 0.1) is 0 Å². The average Bonchev–Trinajstić information content (AvgIpc) is 3.11. The van der Waals surface area contributed by atoms with Crippen LogP contribution in [0.15, 0.2) is 48.5 Å². The number of amides is 2. The Hall–Kier alpha value is -3.39. The van der Waals surface area contributed by atoms with Gasteiger partial charge in [0.05, 0.1) is 13.0 Å². The number of fused-ring (bicyclic) bond motifs is 3. The maximum Gasteiger partial charge on any atom is 0.407 e. The molecule has 1 aliphatic rings. The Bertz CT molecular complexity index is 931. The van der Waals surface area contributed by atoms with Crippen molar-refractivity contribution < 1.29 is 29.0 Å². The summed E-state index contributed by atoms with van der Waals surface area (Å²) >= 11 is 0. The first-order valence-corrected chi connectivity index (χ1v) is 11.2. The largest absolute Gasteiger partial charge is 0.481 e. The standard InChI is InChI=1S/C25H30N2O6/c1-2-7-17(14-24(29)30)27-23(28)16-32-13-12-26-25(31)33-15-22-20-10-5-3-8-18(20)19-9-4-6-11-21(19)22/h3-6,8-11,17,22H,2,7,12-16H2,1H3,(H,26,31)(H,27,28)(H,29,30)/t17-/m1/s1. The zero-order chi connectivity index (χ0) is 23.6. The van der Waals surface area contributed by atoms with Crippen molar-refractivity contribution in [3.63, 3.8) is 0 Å². The molecular weight excluding hydrogens is 424 g/mol. The van der Waals surface area contributed by atoms with Crippen LogP contribution >= 0.6 is 0 Å². The summed E-state index contributed by atoms with van der Waals surface area (Å²) in [6.45, 7) is 2.27. The molecule has 0 saturated heterocycles. The van der Waals surface area contributed by atoms with Crippen LogP contribution in [-0.2, 0) is 19.1 Å². The van der Waals surface area contributed by atoms with Gasteiger partial charge in [0.1, 0.15) is 13.2 Å². The van der Waals surface area contributed by atoms with Crippen molar-refractivity contribution in [2.24, 2.45) is 0 Å². The van der Waals surface area contributed by atoms with E-state index in [-0.39, 0.29) is 44.6 Å². The second-order valence-corrected chi connectivity index (χ2v) is 7.96. The number of ether oxygens (including phenoxy) is 2. The molecule has 176 valence electrons. The van der Waals surface area contributed by atoms with E-state index in [1.807, 2.05) is 31.2 Å². The van der Waals surface area contributed by atoms with Crippen molar-refractivity contribution >= 4 is 18.0 Å². The number of alkyl carbamates (subject to hydrolysis) is 1. The molecule has 0 fully saturated rings. The maximum absolute atomic E-state index is 12.1. The predicted octanol–water partition coefficient (Wildman–Crippen LogP) is 3.30. The zero-order valence-corrected chi connectivity index (χ0v) is 18.7. The van der Waals surface area contributed by atoms with Crippen LogP contribution in [0.25, 0.3) is 11.1 Å². The minimum absolute atomic E-state index is 0.00929. The number of carboxylic acids is 1. The molecule has 0 aromatic heterocycles. The van der Waals surface area contributed by atoms with Crippen LogP contribution in [0.3, 0.4) is 0 Å². The fourth-order valence-electron chi connectivity index (χ4n) is 4.09. The van der Waals surface area contributed by atoms with Crippen molar-refractivity contribution in [3.8, 4) is 11.1 Å². The summed E-state index contributed by atoms with van der Waals surface area (Å²) in [6.07, 6.45) is 0.683. The number of aliphatic carboxylic acids is 1. The molecule has 3 rings (SSSR count). The molecule has 2 aromatic carbocycles. The van der Waals surface area contributed by atoms with Crippen molar-refractivity contribution in [3.05, 3.63) is 59.7 Å². The van der Waals surface area contributed by atoms with Crippen molar-refractivity contribution in [1.82, 2.24) is 10.6 Å². The van der Waals surface area contributed by atoms with Crippen LogP contribution in [0.5, 0.6) is 0 Å². The summed E-state index contributed by atoms with van der Waals surface area (Å²) < 4.78 is 10.7. The quantitative estimate of drug-likeness (QED) is 0.424. The van der Waals surface area contributed by atoms with Gasteiger partial charge >= 0.3 is 12.1 Å². The highest BCUT2D eigenvalue weighted by atomic mass is 16.5. The van der Waals surface area contributed by atoms with Crippen LogP contribution in [0.4, 0.5) is 4.79 Å². The lowest BCUT2D eigenvalue weighted by atomic mass is 9.98. The van der Waals surface area contributed by atoms with E-state index in [1.165, 1.54) is 11.1 Å². The Morgan fingerprint density at radius 2 is 1.67 bits per heavy atom. The van der Waals surface area contributed by atoms with Gasteiger partial charge in [-0.3, -0.25) is 9.59 Å². The number of carboxylic acid groups (broad SMARTS) is 1. The molecule has 0 radical (unpaired) electrons. The molecule has 0 aliphatic heterocycles. The number of benzene rings is 2. The minimum atomic E-state index is -0.957. The number of hydrogen-bond acceptors (Lipinski definition) is 5. The van der Waals surface area contributed by atoms with Gasteiger partial charge in [-0.05, 0) is 28.7 Å². The molecule has 3 N–H and O–H groups in total. The zero-order valence-electron chi connectivity index (χ0n) is 18.7. The summed E-state index contributed by atoms with van der Waals surface area (Å²) in [5.74, 6) is -1.34. The highest BCUT2D eigenvalue weighted by Gasteiger charge is 2.28. The van der Waals surface area contributed by atoms with Gasteiger partial charge in [-0.25, -0.2) is 4.79 Å². The Morgan fingerprint density at radius 1 is 1.03 bits per heavy atom. The van der Waals surface area contributed by atoms with E-state index in [4.69, 9.17) is 14.6 Å². The third kappa shape index (κ3) is 6.79. The number of hydrogen-bond donors (Lipinski definition) is 3. The molecule has 33 heavy (non-hydrogen) atoms. The Kier molecular flexibility index (Phi) is 8.83. The molecule has 0 bridgehead atoms. The lowest BCUT2D eigenvalue weighted by Gasteiger charge is -2.16.